The molecule has 1 aliphatic rings. The number of nitrogens with zero attached hydrogens (tertiary/aromatic N) is 2. The summed E-state index contributed by atoms with van der Waals surface area (Å²) in [7, 11) is 0. The molecule has 3 N–H and O–H groups in total. The van der Waals surface area contributed by atoms with E-state index in [1.165, 1.54) is 0 Å². The van der Waals surface area contributed by atoms with Gasteiger partial charge in [-0.2, -0.15) is 0 Å². The molecule has 1 atom stereocenters. The van der Waals surface area contributed by atoms with E-state index < -0.39 is 0 Å². The van der Waals surface area contributed by atoms with E-state index in [9.17, 15) is 0 Å². The molecule has 78 valence electrons. The predicted molar refractivity (Wildman–Crippen MR) is 52.8 cm³/mol. The molecule has 1 aliphatic heterocycles. The molecule has 0 aliphatic carbocycles. The second-order valence-corrected chi connectivity index (χ2v) is 3.41. The van der Waals surface area contributed by atoms with E-state index in [4.69, 9.17) is 10.5 Å². The Morgan fingerprint density at radius 3 is 2.93 bits per heavy atom. The second kappa shape index (κ2) is 4.54. The molecule has 5 nitrogen and oxygen atoms in total. The molecule has 2 rings (SSSR count). The maximum Gasteiger partial charge on any atom is 0.0922 e. The van der Waals surface area contributed by atoms with Gasteiger partial charge in [0.2, 0.25) is 0 Å². The fourth-order valence-corrected chi connectivity index (χ4v) is 1.81. The van der Waals surface area contributed by atoms with Crippen molar-refractivity contribution in [1.29, 1.82) is 0 Å². The SMILES string of the molecule is NCC(c1cnc[nH]1)N1CCOCC1. The van der Waals surface area contributed by atoms with E-state index in [1.54, 1.807) is 6.33 Å². The van der Waals surface area contributed by atoms with Gasteiger partial charge in [0.15, 0.2) is 0 Å². The number of hydrogen-bond donors (Lipinski definition) is 2. The van der Waals surface area contributed by atoms with Crippen LogP contribution in [-0.4, -0.2) is 47.7 Å². The summed E-state index contributed by atoms with van der Waals surface area (Å²) in [5.41, 5.74) is 6.86. The van der Waals surface area contributed by atoms with Crippen molar-refractivity contribution in [2.75, 3.05) is 32.8 Å². The molecule has 1 fully saturated rings. The van der Waals surface area contributed by atoms with Gasteiger partial charge >= 0.3 is 0 Å². The highest BCUT2D eigenvalue weighted by Crippen LogP contribution is 2.17. The van der Waals surface area contributed by atoms with Crippen molar-refractivity contribution in [3.8, 4) is 0 Å². The lowest BCUT2D eigenvalue weighted by molar-refractivity contribution is 0.0171. The molecule has 0 radical (unpaired) electrons. The number of rotatable bonds is 3. The Labute approximate surface area is 83.3 Å². The number of aromatic nitrogens is 2. The van der Waals surface area contributed by atoms with Crippen molar-refractivity contribution < 1.29 is 4.74 Å². The summed E-state index contributed by atoms with van der Waals surface area (Å²) < 4.78 is 5.30. The van der Waals surface area contributed by atoms with Crippen molar-refractivity contribution in [3.05, 3.63) is 18.2 Å². The standard InChI is InChI=1S/C9H16N4O/c10-5-9(8-6-11-7-12-8)13-1-3-14-4-2-13/h6-7,9H,1-5,10H2,(H,11,12). The lowest BCUT2D eigenvalue weighted by Crippen LogP contribution is -2.41. The second-order valence-electron chi connectivity index (χ2n) is 3.41. The Morgan fingerprint density at radius 1 is 1.57 bits per heavy atom. The first-order valence-corrected chi connectivity index (χ1v) is 4.92. The van der Waals surface area contributed by atoms with Crippen LogP contribution in [0.15, 0.2) is 12.5 Å². The van der Waals surface area contributed by atoms with Crippen LogP contribution in [0.1, 0.15) is 11.7 Å². The number of imidazole rings is 1. The van der Waals surface area contributed by atoms with Gasteiger partial charge in [0, 0.05) is 25.8 Å². The van der Waals surface area contributed by atoms with Crippen LogP contribution in [0.25, 0.3) is 0 Å². The first kappa shape index (κ1) is 9.64. The van der Waals surface area contributed by atoms with Crippen LogP contribution in [0.3, 0.4) is 0 Å². The first-order valence-electron chi connectivity index (χ1n) is 4.92. The molecule has 1 unspecified atom stereocenters. The molecule has 0 bridgehead atoms. The third-order valence-electron chi connectivity index (χ3n) is 2.59. The minimum Gasteiger partial charge on any atom is -0.379 e. The van der Waals surface area contributed by atoms with E-state index >= 15 is 0 Å². The summed E-state index contributed by atoms with van der Waals surface area (Å²) in [6, 6.07) is 0.251. The lowest BCUT2D eigenvalue weighted by atomic mass is 10.2. The zero-order valence-electron chi connectivity index (χ0n) is 8.15. The lowest BCUT2D eigenvalue weighted by Gasteiger charge is -2.32. The van der Waals surface area contributed by atoms with Crippen molar-refractivity contribution >= 4 is 0 Å². The molecule has 0 aromatic carbocycles. The number of nitrogens with one attached hydrogen (secondary N) is 1. The van der Waals surface area contributed by atoms with E-state index in [-0.39, 0.29) is 6.04 Å². The average molecular weight is 196 g/mol. The van der Waals surface area contributed by atoms with Gasteiger partial charge in [-0.3, -0.25) is 4.90 Å². The molecule has 5 heteroatoms. The number of hydrogen-bond acceptors (Lipinski definition) is 4. The van der Waals surface area contributed by atoms with Crippen LogP contribution in [0.2, 0.25) is 0 Å². The van der Waals surface area contributed by atoms with Gasteiger partial charge in [-0.25, -0.2) is 4.98 Å². The van der Waals surface area contributed by atoms with Crippen molar-refractivity contribution in [2.24, 2.45) is 5.73 Å². The molecule has 0 amide bonds. The summed E-state index contributed by atoms with van der Waals surface area (Å²) in [5, 5.41) is 0. The molecule has 2 heterocycles. The number of H-pyrrole nitrogens is 1. The average Bonchev–Trinajstić information content (AvgIpc) is 2.74. The Morgan fingerprint density at radius 2 is 2.36 bits per heavy atom. The Hall–Kier alpha value is -0.910. The first-order chi connectivity index (χ1) is 6.92. The molecule has 1 aromatic rings. The van der Waals surface area contributed by atoms with Crippen LogP contribution < -0.4 is 5.73 Å². The third kappa shape index (κ3) is 1.95. The van der Waals surface area contributed by atoms with Gasteiger partial charge in [0.05, 0.1) is 31.3 Å². The van der Waals surface area contributed by atoms with Crippen LogP contribution >= 0.6 is 0 Å². The van der Waals surface area contributed by atoms with Crippen LogP contribution in [0, 0.1) is 0 Å². The summed E-state index contributed by atoms with van der Waals surface area (Å²) >= 11 is 0. The Balaban J connectivity index is 2.04. The fourth-order valence-electron chi connectivity index (χ4n) is 1.81. The van der Waals surface area contributed by atoms with Gasteiger partial charge in [0.25, 0.3) is 0 Å². The van der Waals surface area contributed by atoms with Gasteiger partial charge in [-0.15, -0.1) is 0 Å². The minimum atomic E-state index is 0.251. The fraction of sp³-hybridized carbons (Fsp3) is 0.667. The van der Waals surface area contributed by atoms with E-state index in [2.05, 4.69) is 14.9 Å². The summed E-state index contributed by atoms with van der Waals surface area (Å²) in [5.74, 6) is 0. The van der Waals surface area contributed by atoms with E-state index in [0.29, 0.717) is 6.54 Å². The smallest absolute Gasteiger partial charge is 0.0922 e. The van der Waals surface area contributed by atoms with Crippen molar-refractivity contribution in [2.45, 2.75) is 6.04 Å². The monoisotopic (exact) mass is 196 g/mol. The molecule has 1 saturated heterocycles. The van der Waals surface area contributed by atoms with Gasteiger partial charge in [-0.1, -0.05) is 0 Å². The van der Waals surface area contributed by atoms with Crippen LogP contribution in [0.5, 0.6) is 0 Å². The third-order valence-corrected chi connectivity index (χ3v) is 2.59. The van der Waals surface area contributed by atoms with Gasteiger partial charge in [-0.05, 0) is 0 Å². The highest BCUT2D eigenvalue weighted by Gasteiger charge is 2.21. The molecular formula is C9H16N4O. The van der Waals surface area contributed by atoms with Gasteiger partial charge in [0.1, 0.15) is 0 Å². The van der Waals surface area contributed by atoms with Crippen LogP contribution in [0.4, 0.5) is 0 Å². The zero-order valence-corrected chi connectivity index (χ0v) is 8.15. The Bertz CT molecular complexity index is 256. The highest BCUT2D eigenvalue weighted by molar-refractivity contribution is 5.03. The largest absolute Gasteiger partial charge is 0.379 e. The molecule has 0 saturated carbocycles. The molecule has 14 heavy (non-hydrogen) atoms. The number of aromatic amines is 1. The topological polar surface area (TPSA) is 67.2 Å². The number of nitrogens with two attached hydrogens (primary N) is 1. The zero-order chi connectivity index (χ0) is 9.80. The van der Waals surface area contributed by atoms with Crippen molar-refractivity contribution in [1.82, 2.24) is 14.9 Å². The molecular weight excluding hydrogens is 180 g/mol. The maximum absolute atomic E-state index is 5.76. The number of morpholine rings is 1. The van der Waals surface area contributed by atoms with E-state index in [0.717, 1.165) is 32.0 Å². The predicted octanol–water partition coefficient (Wildman–Crippen LogP) is -0.258. The molecule has 0 spiro atoms. The summed E-state index contributed by atoms with van der Waals surface area (Å²) in [6.45, 7) is 4.10. The van der Waals surface area contributed by atoms with Gasteiger partial charge < -0.3 is 15.5 Å². The Kier molecular flexibility index (Phi) is 3.13. The normalized spacial score (nSPS) is 20.9. The van der Waals surface area contributed by atoms with Crippen LogP contribution in [-0.2, 0) is 4.74 Å². The van der Waals surface area contributed by atoms with Crippen molar-refractivity contribution in [3.63, 3.8) is 0 Å². The molecule has 1 aromatic heterocycles. The quantitative estimate of drug-likeness (QED) is 0.699. The number of ether oxygens (including phenoxy) is 1. The minimum absolute atomic E-state index is 0.251. The highest BCUT2D eigenvalue weighted by atomic mass is 16.5. The summed E-state index contributed by atoms with van der Waals surface area (Å²) in [6.07, 6.45) is 3.53. The summed E-state index contributed by atoms with van der Waals surface area (Å²) in [4.78, 5) is 9.46. The maximum atomic E-state index is 5.76. The van der Waals surface area contributed by atoms with E-state index in [1.807, 2.05) is 6.20 Å².